The van der Waals surface area contributed by atoms with Crippen molar-refractivity contribution in [3.8, 4) is 0 Å². The minimum absolute atomic E-state index is 0.0474. The molecule has 0 aromatic heterocycles. The van der Waals surface area contributed by atoms with Gasteiger partial charge in [0.05, 0.1) is 6.54 Å². The maximum atomic E-state index is 12.5. The van der Waals surface area contributed by atoms with E-state index in [-0.39, 0.29) is 30.8 Å². The zero-order chi connectivity index (χ0) is 20.6. The lowest BCUT2D eigenvalue weighted by Crippen LogP contribution is -2.35. The molecule has 2 unspecified atom stereocenters. The van der Waals surface area contributed by atoms with Crippen LogP contribution in [0.25, 0.3) is 0 Å². The Morgan fingerprint density at radius 2 is 1.66 bits per heavy atom. The second kappa shape index (κ2) is 9.87. The molecule has 1 fully saturated rings. The van der Waals surface area contributed by atoms with Crippen LogP contribution in [0.1, 0.15) is 37.3 Å². The van der Waals surface area contributed by atoms with Crippen LogP contribution in [0.3, 0.4) is 0 Å². The summed E-state index contributed by atoms with van der Waals surface area (Å²) in [6.07, 6.45) is 2.24. The number of aryl methyl sites for hydroxylation is 1. The molecule has 6 nitrogen and oxygen atoms in total. The average molecular weight is 393 g/mol. The monoisotopic (exact) mass is 393 g/mol. The van der Waals surface area contributed by atoms with Gasteiger partial charge >= 0.3 is 6.03 Å². The van der Waals surface area contributed by atoms with E-state index in [1.807, 2.05) is 55.5 Å². The van der Waals surface area contributed by atoms with Gasteiger partial charge < -0.3 is 10.6 Å². The van der Waals surface area contributed by atoms with Crippen molar-refractivity contribution in [3.63, 3.8) is 0 Å². The highest BCUT2D eigenvalue weighted by Gasteiger charge is 2.37. The van der Waals surface area contributed by atoms with Crippen molar-refractivity contribution in [2.24, 2.45) is 0 Å². The maximum absolute atomic E-state index is 12.5. The number of rotatable bonds is 9. The van der Waals surface area contributed by atoms with Crippen LogP contribution in [0.5, 0.6) is 0 Å². The summed E-state index contributed by atoms with van der Waals surface area (Å²) in [6.45, 7) is 2.22. The molecule has 2 aromatic carbocycles. The largest absolute Gasteiger partial charge is 0.354 e. The Balaban J connectivity index is 1.41. The Kier molecular flexibility index (Phi) is 7.00. The van der Waals surface area contributed by atoms with Gasteiger partial charge in [-0.15, -0.1) is 0 Å². The van der Waals surface area contributed by atoms with Crippen molar-refractivity contribution in [1.82, 2.24) is 15.5 Å². The summed E-state index contributed by atoms with van der Waals surface area (Å²) < 4.78 is 0. The van der Waals surface area contributed by atoms with Gasteiger partial charge in [0.15, 0.2) is 0 Å². The number of carbonyl (C=O) groups is 3. The van der Waals surface area contributed by atoms with Crippen molar-refractivity contribution >= 4 is 17.8 Å². The van der Waals surface area contributed by atoms with E-state index in [0.717, 1.165) is 18.4 Å². The van der Waals surface area contributed by atoms with E-state index < -0.39 is 12.1 Å². The first-order valence-electron chi connectivity index (χ1n) is 10.0. The number of hydrogen-bond donors (Lipinski definition) is 2. The van der Waals surface area contributed by atoms with Crippen LogP contribution in [0.4, 0.5) is 4.79 Å². The van der Waals surface area contributed by atoms with Crippen LogP contribution >= 0.6 is 0 Å². The molecular weight excluding hydrogens is 366 g/mol. The summed E-state index contributed by atoms with van der Waals surface area (Å²) in [5.74, 6) is -0.377. The Bertz CT molecular complexity index is 839. The van der Waals surface area contributed by atoms with Gasteiger partial charge in [0.1, 0.15) is 6.04 Å². The highest BCUT2D eigenvalue weighted by molar-refractivity contribution is 6.04. The summed E-state index contributed by atoms with van der Waals surface area (Å²) in [7, 11) is 0. The number of nitrogens with one attached hydrogen (secondary N) is 2. The molecule has 1 aliphatic rings. The Labute approximate surface area is 171 Å². The normalized spacial score (nSPS) is 17.1. The summed E-state index contributed by atoms with van der Waals surface area (Å²) >= 11 is 0. The van der Waals surface area contributed by atoms with Crippen LogP contribution in [0.2, 0.25) is 0 Å². The molecule has 0 spiro atoms. The fraction of sp³-hybridized carbons (Fsp3) is 0.348. The van der Waals surface area contributed by atoms with Crippen molar-refractivity contribution in [2.45, 2.75) is 51.2 Å². The third-order valence-corrected chi connectivity index (χ3v) is 5.07. The number of urea groups is 1. The SMILES string of the molecule is CC(CCc1ccccc1)NC(=O)CCC1NC(=O)N(Cc2ccccc2)C1=O. The number of carbonyl (C=O) groups excluding carboxylic acids is 3. The zero-order valence-corrected chi connectivity index (χ0v) is 16.6. The molecule has 6 heteroatoms. The van der Waals surface area contributed by atoms with Gasteiger partial charge in [0.25, 0.3) is 5.91 Å². The summed E-state index contributed by atoms with van der Waals surface area (Å²) in [4.78, 5) is 38.1. The van der Waals surface area contributed by atoms with E-state index in [2.05, 4.69) is 22.8 Å². The van der Waals surface area contributed by atoms with E-state index in [4.69, 9.17) is 0 Å². The van der Waals surface area contributed by atoms with Gasteiger partial charge in [-0.3, -0.25) is 14.5 Å². The number of amides is 4. The molecule has 2 aromatic rings. The fourth-order valence-electron chi connectivity index (χ4n) is 3.41. The molecule has 1 saturated heterocycles. The molecular formula is C23H27N3O3. The fourth-order valence-corrected chi connectivity index (χ4v) is 3.41. The van der Waals surface area contributed by atoms with Crippen LogP contribution in [-0.4, -0.2) is 34.8 Å². The van der Waals surface area contributed by atoms with Crippen LogP contribution in [0, 0.1) is 0 Å². The number of imide groups is 1. The maximum Gasteiger partial charge on any atom is 0.325 e. The Morgan fingerprint density at radius 3 is 2.31 bits per heavy atom. The molecule has 2 atom stereocenters. The molecule has 29 heavy (non-hydrogen) atoms. The van der Waals surface area contributed by atoms with Gasteiger partial charge in [-0.2, -0.15) is 0 Å². The molecule has 0 saturated carbocycles. The first-order chi connectivity index (χ1) is 14.0. The number of benzene rings is 2. The topological polar surface area (TPSA) is 78.5 Å². The highest BCUT2D eigenvalue weighted by atomic mass is 16.2. The molecule has 4 amide bonds. The smallest absolute Gasteiger partial charge is 0.325 e. The molecule has 0 bridgehead atoms. The minimum atomic E-state index is -0.642. The van der Waals surface area contributed by atoms with Crippen molar-refractivity contribution in [1.29, 1.82) is 0 Å². The lowest BCUT2D eigenvalue weighted by Gasteiger charge is -2.15. The molecule has 0 aliphatic carbocycles. The number of nitrogens with zero attached hydrogens (tertiary/aromatic N) is 1. The third-order valence-electron chi connectivity index (χ3n) is 5.07. The van der Waals surface area contributed by atoms with Gasteiger partial charge in [0, 0.05) is 12.5 Å². The van der Waals surface area contributed by atoms with E-state index >= 15 is 0 Å². The molecule has 1 aliphatic heterocycles. The summed E-state index contributed by atoms with van der Waals surface area (Å²) in [5, 5.41) is 5.66. The van der Waals surface area contributed by atoms with Crippen molar-refractivity contribution < 1.29 is 14.4 Å². The molecule has 1 heterocycles. The Hall–Kier alpha value is -3.15. The summed E-state index contributed by atoms with van der Waals surface area (Å²) in [6, 6.07) is 18.5. The van der Waals surface area contributed by atoms with Crippen LogP contribution in [0.15, 0.2) is 60.7 Å². The quantitative estimate of drug-likeness (QED) is 0.643. The van der Waals surface area contributed by atoms with Gasteiger partial charge in [0.2, 0.25) is 5.91 Å². The first-order valence-corrected chi connectivity index (χ1v) is 10.0. The van der Waals surface area contributed by atoms with Gasteiger partial charge in [-0.25, -0.2) is 4.79 Å². The van der Waals surface area contributed by atoms with Crippen LogP contribution < -0.4 is 10.6 Å². The first kappa shape index (κ1) is 20.6. The molecule has 152 valence electrons. The minimum Gasteiger partial charge on any atom is -0.354 e. The van der Waals surface area contributed by atoms with Gasteiger partial charge in [-0.1, -0.05) is 60.7 Å². The third kappa shape index (κ3) is 5.91. The van der Waals surface area contributed by atoms with E-state index in [0.29, 0.717) is 6.42 Å². The van der Waals surface area contributed by atoms with E-state index in [1.54, 1.807) is 0 Å². The predicted octanol–water partition coefficient (Wildman–Crippen LogP) is 3.02. The summed E-state index contributed by atoms with van der Waals surface area (Å²) in [5.41, 5.74) is 2.13. The second-order valence-corrected chi connectivity index (χ2v) is 7.44. The molecule has 0 radical (unpaired) electrons. The lowest BCUT2D eigenvalue weighted by molar-refractivity contribution is -0.128. The molecule has 3 rings (SSSR count). The second-order valence-electron chi connectivity index (χ2n) is 7.44. The van der Waals surface area contributed by atoms with E-state index in [9.17, 15) is 14.4 Å². The highest BCUT2D eigenvalue weighted by Crippen LogP contribution is 2.15. The molecule has 2 N–H and O–H groups in total. The standard InChI is InChI=1S/C23H27N3O3/c1-17(12-13-18-8-4-2-5-9-18)24-21(27)15-14-20-22(28)26(23(29)25-20)16-19-10-6-3-7-11-19/h2-11,17,20H,12-16H2,1H3,(H,24,27)(H,25,29). The predicted molar refractivity (Wildman–Crippen MR) is 111 cm³/mol. The van der Waals surface area contributed by atoms with Crippen molar-refractivity contribution in [3.05, 3.63) is 71.8 Å². The van der Waals surface area contributed by atoms with Crippen LogP contribution in [-0.2, 0) is 22.6 Å². The average Bonchev–Trinajstić information content (AvgIpc) is 3.00. The lowest BCUT2D eigenvalue weighted by atomic mass is 10.1. The van der Waals surface area contributed by atoms with Gasteiger partial charge in [-0.05, 0) is 37.3 Å². The van der Waals surface area contributed by atoms with E-state index in [1.165, 1.54) is 10.5 Å². The van der Waals surface area contributed by atoms with Crippen molar-refractivity contribution in [2.75, 3.05) is 0 Å². The zero-order valence-electron chi connectivity index (χ0n) is 16.6. The number of hydrogen-bond acceptors (Lipinski definition) is 3. The Morgan fingerprint density at radius 1 is 1.03 bits per heavy atom.